The topological polar surface area (TPSA) is 69.2 Å². The van der Waals surface area contributed by atoms with Gasteiger partial charge in [0.15, 0.2) is 17.9 Å². The summed E-state index contributed by atoms with van der Waals surface area (Å²) in [6.45, 7) is -0.265. The Labute approximate surface area is 127 Å². The van der Waals surface area contributed by atoms with Gasteiger partial charge in [0, 0.05) is 11.1 Å². The number of carboxylic acid groups (broad SMARTS) is 1. The van der Waals surface area contributed by atoms with Gasteiger partial charge < -0.3 is 10.3 Å². The first-order chi connectivity index (χ1) is 10.7. The third kappa shape index (κ3) is 2.56. The molecule has 1 N–H and O–H groups in total. The molecule has 0 amide bonds. The molecule has 3 rings (SSSR count). The second-order valence-electron chi connectivity index (χ2n) is 4.89. The van der Waals surface area contributed by atoms with E-state index in [4.69, 9.17) is 5.11 Å². The lowest BCUT2D eigenvalue weighted by atomic mass is 10.0. The number of rotatable bonds is 4. The maximum Gasteiger partial charge on any atom is 0.346 e. The molecule has 0 spiro atoms. The van der Waals surface area contributed by atoms with Gasteiger partial charge in [-0.3, -0.25) is 0 Å². The molecule has 110 valence electrons. The molecular formula is C17H14N2O3. The summed E-state index contributed by atoms with van der Waals surface area (Å²) in [6, 6.07) is 18.5. The molecule has 0 fully saturated rings. The third-order valence-electron chi connectivity index (χ3n) is 3.38. The van der Waals surface area contributed by atoms with Crippen LogP contribution in [0.5, 0.6) is 0 Å². The van der Waals surface area contributed by atoms with Gasteiger partial charge in [-0.2, -0.15) is 0 Å². The van der Waals surface area contributed by atoms with Crippen molar-refractivity contribution in [1.82, 2.24) is 4.57 Å². The Morgan fingerprint density at radius 2 is 1.55 bits per heavy atom. The molecule has 0 unspecified atom stereocenters. The minimum atomic E-state index is -0.993. The highest BCUT2D eigenvalue weighted by Crippen LogP contribution is 2.29. The molecule has 1 aromatic heterocycles. The van der Waals surface area contributed by atoms with Crippen LogP contribution in [0.25, 0.3) is 22.5 Å². The summed E-state index contributed by atoms with van der Waals surface area (Å²) >= 11 is 0. The minimum Gasteiger partial charge on any atom is -0.710 e. The van der Waals surface area contributed by atoms with Crippen molar-refractivity contribution in [3.63, 3.8) is 0 Å². The molecule has 5 heteroatoms. The molecule has 3 aromatic rings. The fraction of sp³-hybridized carbons (Fsp3) is 0.0588. The van der Waals surface area contributed by atoms with Crippen molar-refractivity contribution in [2.24, 2.45) is 0 Å². The number of aliphatic carboxylic acids is 1. The maximum absolute atomic E-state index is 12.3. The third-order valence-corrected chi connectivity index (χ3v) is 3.38. The number of nitrogens with zero attached hydrogens (tertiary/aromatic N) is 2. The van der Waals surface area contributed by atoms with Gasteiger partial charge in [0.05, 0.1) is 0 Å². The summed E-state index contributed by atoms with van der Waals surface area (Å²) in [4.78, 5) is 11.1. The molecule has 5 nitrogen and oxygen atoms in total. The highest BCUT2D eigenvalue weighted by Gasteiger charge is 2.24. The first-order valence-electron chi connectivity index (χ1n) is 6.82. The lowest BCUT2D eigenvalue weighted by molar-refractivity contribution is -0.593. The summed E-state index contributed by atoms with van der Waals surface area (Å²) < 4.78 is 2.19. The Hall–Kier alpha value is -3.08. The van der Waals surface area contributed by atoms with Crippen LogP contribution >= 0.6 is 0 Å². The molecule has 0 atom stereocenters. The summed E-state index contributed by atoms with van der Waals surface area (Å²) in [5.74, 6) is -0.993. The average molecular weight is 294 g/mol. The Bertz CT molecular complexity index is 796. The first-order valence-corrected chi connectivity index (χ1v) is 6.82. The number of aromatic nitrogens is 2. The SMILES string of the molecule is O=C(O)Cn1c[n+]([O-])c(-c2ccccc2)c1-c1ccccc1. The van der Waals surface area contributed by atoms with Gasteiger partial charge in [-0.15, -0.1) is 0 Å². The predicted molar refractivity (Wildman–Crippen MR) is 81.9 cm³/mol. The maximum atomic E-state index is 12.3. The van der Waals surface area contributed by atoms with Crippen LogP contribution in [0.4, 0.5) is 0 Å². The van der Waals surface area contributed by atoms with Gasteiger partial charge in [-0.25, -0.2) is 14.1 Å². The molecular weight excluding hydrogens is 280 g/mol. The number of hydrogen-bond acceptors (Lipinski definition) is 2. The molecule has 0 aliphatic heterocycles. The summed E-state index contributed by atoms with van der Waals surface area (Å²) in [5, 5.41) is 21.4. The van der Waals surface area contributed by atoms with E-state index in [9.17, 15) is 10.0 Å². The zero-order valence-corrected chi connectivity index (χ0v) is 11.7. The van der Waals surface area contributed by atoms with E-state index in [0.29, 0.717) is 11.4 Å². The van der Waals surface area contributed by atoms with Crippen LogP contribution in [0.15, 0.2) is 67.0 Å². The summed E-state index contributed by atoms with van der Waals surface area (Å²) in [5.41, 5.74) is 2.61. The lowest BCUT2D eigenvalue weighted by Crippen LogP contribution is -2.26. The lowest BCUT2D eigenvalue weighted by Gasteiger charge is -2.06. The molecule has 0 aliphatic carbocycles. The van der Waals surface area contributed by atoms with Crippen LogP contribution in [0.1, 0.15) is 0 Å². The van der Waals surface area contributed by atoms with E-state index in [1.54, 1.807) is 0 Å². The summed E-state index contributed by atoms with van der Waals surface area (Å²) in [6.07, 6.45) is 1.28. The van der Waals surface area contributed by atoms with Crippen LogP contribution in [0.3, 0.4) is 0 Å². The van der Waals surface area contributed by atoms with Crippen molar-refractivity contribution in [2.45, 2.75) is 6.54 Å². The second-order valence-corrected chi connectivity index (χ2v) is 4.89. The fourth-order valence-corrected chi connectivity index (χ4v) is 2.51. The van der Waals surface area contributed by atoms with E-state index in [-0.39, 0.29) is 6.54 Å². The molecule has 0 aliphatic rings. The number of carboxylic acids is 1. The van der Waals surface area contributed by atoms with Crippen molar-refractivity contribution in [3.05, 3.63) is 72.2 Å². The quantitative estimate of drug-likeness (QED) is 0.594. The van der Waals surface area contributed by atoms with Gasteiger partial charge in [0.25, 0.3) is 0 Å². The number of carbonyl (C=O) groups is 1. The molecule has 0 bridgehead atoms. The zero-order valence-electron chi connectivity index (χ0n) is 11.7. The van der Waals surface area contributed by atoms with Crippen LogP contribution in [-0.4, -0.2) is 15.6 Å². The Morgan fingerprint density at radius 3 is 2.09 bits per heavy atom. The Kier molecular flexibility index (Phi) is 3.62. The fourth-order valence-electron chi connectivity index (χ4n) is 2.51. The van der Waals surface area contributed by atoms with Crippen molar-refractivity contribution in [2.75, 3.05) is 0 Å². The van der Waals surface area contributed by atoms with Crippen molar-refractivity contribution in [1.29, 1.82) is 0 Å². The van der Waals surface area contributed by atoms with Crippen LogP contribution < -0.4 is 4.73 Å². The Balaban J connectivity index is 2.25. The predicted octanol–water partition coefficient (Wildman–Crippen LogP) is 2.54. The van der Waals surface area contributed by atoms with E-state index in [1.807, 2.05) is 60.7 Å². The largest absolute Gasteiger partial charge is 0.710 e. The second kappa shape index (κ2) is 5.73. The summed E-state index contributed by atoms with van der Waals surface area (Å²) in [7, 11) is 0. The van der Waals surface area contributed by atoms with Gasteiger partial charge in [-0.05, 0) is 0 Å². The highest BCUT2D eigenvalue weighted by molar-refractivity contribution is 5.78. The number of hydrogen-bond donors (Lipinski definition) is 1. The van der Waals surface area contributed by atoms with Gasteiger partial charge in [0.2, 0.25) is 6.33 Å². The van der Waals surface area contributed by atoms with Crippen molar-refractivity contribution < 1.29 is 14.6 Å². The molecule has 2 aromatic carbocycles. The zero-order chi connectivity index (χ0) is 15.5. The normalized spacial score (nSPS) is 10.5. The van der Waals surface area contributed by atoms with Gasteiger partial charge in [0.1, 0.15) is 0 Å². The van der Waals surface area contributed by atoms with Crippen LogP contribution in [0.2, 0.25) is 0 Å². The minimum absolute atomic E-state index is 0.265. The molecule has 22 heavy (non-hydrogen) atoms. The molecule has 0 radical (unpaired) electrons. The van der Waals surface area contributed by atoms with E-state index in [1.165, 1.54) is 10.9 Å². The van der Waals surface area contributed by atoms with E-state index < -0.39 is 5.97 Å². The number of imidazole rings is 1. The standard InChI is InChI=1S/C17H14N2O3/c20-15(21)11-18-12-19(22)17(14-9-5-2-6-10-14)16(18)13-7-3-1-4-8-13/h1-10,12H,11H2,(H,20,21). The smallest absolute Gasteiger partial charge is 0.346 e. The van der Waals surface area contributed by atoms with Crippen LogP contribution in [-0.2, 0) is 11.3 Å². The van der Waals surface area contributed by atoms with Gasteiger partial charge in [-0.1, -0.05) is 60.7 Å². The monoisotopic (exact) mass is 294 g/mol. The van der Waals surface area contributed by atoms with Crippen LogP contribution in [0, 0.1) is 5.21 Å². The first kappa shape index (κ1) is 13.9. The van der Waals surface area contributed by atoms with Crippen molar-refractivity contribution >= 4 is 5.97 Å². The number of benzene rings is 2. The van der Waals surface area contributed by atoms with Gasteiger partial charge >= 0.3 is 5.97 Å². The molecule has 1 heterocycles. The Morgan fingerprint density at radius 1 is 1.00 bits per heavy atom. The van der Waals surface area contributed by atoms with Crippen molar-refractivity contribution in [3.8, 4) is 22.5 Å². The average Bonchev–Trinajstić information content (AvgIpc) is 2.84. The molecule has 0 saturated heterocycles. The van der Waals surface area contributed by atoms with E-state index in [0.717, 1.165) is 15.9 Å². The highest BCUT2D eigenvalue weighted by atomic mass is 16.5. The molecule has 0 saturated carbocycles. The van der Waals surface area contributed by atoms with E-state index >= 15 is 0 Å². The van der Waals surface area contributed by atoms with E-state index in [2.05, 4.69) is 0 Å².